The fourth-order valence-corrected chi connectivity index (χ4v) is 4.46. The SMILES string of the molecule is N#Cc1nnn(C[C@H]2CN(c3cc(F)c(C4=CCS(=O)(=O)CC4)c(F)c3)C(=O)O2)n1. The van der Waals surface area contributed by atoms with Crippen LogP contribution in [0.1, 0.15) is 17.8 Å². The molecule has 156 valence electrons. The fraction of sp³-hybridized carbons (Fsp3) is 0.353. The number of rotatable bonds is 4. The molecule has 0 unspecified atom stereocenters. The van der Waals surface area contributed by atoms with Crippen LogP contribution in [0, 0.1) is 23.0 Å². The lowest BCUT2D eigenvalue weighted by atomic mass is 10.0. The predicted molar refractivity (Wildman–Crippen MR) is 97.8 cm³/mol. The normalized spacial score (nSPS) is 20.6. The minimum atomic E-state index is -3.24. The average Bonchev–Trinajstić information content (AvgIpc) is 3.28. The molecule has 0 saturated carbocycles. The third-order valence-corrected chi connectivity index (χ3v) is 6.22. The van der Waals surface area contributed by atoms with Crippen molar-refractivity contribution in [2.45, 2.75) is 19.1 Å². The summed E-state index contributed by atoms with van der Waals surface area (Å²) in [6.07, 6.45) is -0.190. The Hall–Kier alpha value is -3.40. The third-order valence-electron chi connectivity index (χ3n) is 4.72. The van der Waals surface area contributed by atoms with Crippen molar-refractivity contribution < 1.29 is 26.7 Å². The lowest BCUT2D eigenvalue weighted by molar-refractivity contribution is 0.126. The number of carbonyl (C=O) groups is 1. The second kappa shape index (κ2) is 7.45. The van der Waals surface area contributed by atoms with Gasteiger partial charge in [0.2, 0.25) is 0 Å². The van der Waals surface area contributed by atoms with Gasteiger partial charge in [-0.2, -0.15) is 10.1 Å². The lowest BCUT2D eigenvalue weighted by Crippen LogP contribution is -2.27. The van der Waals surface area contributed by atoms with Crippen LogP contribution in [0.2, 0.25) is 0 Å². The second-order valence-electron chi connectivity index (χ2n) is 6.77. The van der Waals surface area contributed by atoms with Crippen LogP contribution in [0.5, 0.6) is 0 Å². The van der Waals surface area contributed by atoms with Crippen LogP contribution in [0.3, 0.4) is 0 Å². The highest BCUT2D eigenvalue weighted by Gasteiger charge is 2.34. The van der Waals surface area contributed by atoms with Gasteiger partial charge in [-0.3, -0.25) is 4.90 Å². The number of nitrogens with zero attached hydrogens (tertiary/aromatic N) is 6. The summed E-state index contributed by atoms with van der Waals surface area (Å²) >= 11 is 0. The number of carbonyl (C=O) groups excluding carboxylic acids is 1. The van der Waals surface area contributed by atoms with Gasteiger partial charge in [-0.25, -0.2) is 22.0 Å². The first-order valence-corrected chi connectivity index (χ1v) is 10.6. The first kappa shape index (κ1) is 19.9. The minimum Gasteiger partial charge on any atom is -0.442 e. The van der Waals surface area contributed by atoms with Gasteiger partial charge in [0.15, 0.2) is 9.84 Å². The number of cyclic esters (lactones) is 1. The van der Waals surface area contributed by atoms with E-state index >= 15 is 0 Å². The number of benzene rings is 1. The first-order chi connectivity index (χ1) is 14.3. The lowest BCUT2D eigenvalue weighted by Gasteiger charge is -2.18. The molecule has 4 rings (SSSR count). The quantitative estimate of drug-likeness (QED) is 0.695. The van der Waals surface area contributed by atoms with E-state index < -0.39 is 33.7 Å². The van der Waals surface area contributed by atoms with Crippen molar-refractivity contribution >= 4 is 27.2 Å². The molecule has 0 bridgehead atoms. The van der Waals surface area contributed by atoms with Crippen LogP contribution in [-0.2, 0) is 21.1 Å². The van der Waals surface area contributed by atoms with Crippen molar-refractivity contribution in [3.05, 3.63) is 41.2 Å². The average molecular weight is 436 g/mol. The van der Waals surface area contributed by atoms with Gasteiger partial charge in [0.1, 0.15) is 30.4 Å². The summed E-state index contributed by atoms with van der Waals surface area (Å²) in [4.78, 5) is 14.3. The number of allylic oxidation sites excluding steroid dienone is 1. The van der Waals surface area contributed by atoms with Gasteiger partial charge in [-0.1, -0.05) is 11.2 Å². The highest BCUT2D eigenvalue weighted by Crippen LogP contribution is 2.32. The minimum absolute atomic E-state index is 0.0125. The maximum absolute atomic E-state index is 14.7. The molecule has 0 aliphatic carbocycles. The molecule has 13 heteroatoms. The Bertz CT molecular complexity index is 1180. The number of nitriles is 1. The Kier molecular flexibility index (Phi) is 4.94. The van der Waals surface area contributed by atoms with E-state index in [0.717, 1.165) is 21.8 Å². The van der Waals surface area contributed by atoms with Crippen molar-refractivity contribution in [3.63, 3.8) is 0 Å². The summed E-state index contributed by atoms with van der Waals surface area (Å²) in [5, 5.41) is 19.6. The van der Waals surface area contributed by atoms with Crippen LogP contribution in [-0.4, -0.2) is 58.9 Å². The van der Waals surface area contributed by atoms with Crippen LogP contribution in [0.4, 0.5) is 19.3 Å². The van der Waals surface area contributed by atoms with Crippen LogP contribution >= 0.6 is 0 Å². The maximum Gasteiger partial charge on any atom is 0.414 e. The van der Waals surface area contributed by atoms with Crippen LogP contribution in [0.15, 0.2) is 18.2 Å². The molecule has 1 amide bonds. The molecular weight excluding hydrogens is 422 g/mol. The topological polar surface area (TPSA) is 131 Å². The molecule has 1 saturated heterocycles. The molecule has 0 spiro atoms. The zero-order chi connectivity index (χ0) is 21.5. The Balaban J connectivity index is 1.54. The van der Waals surface area contributed by atoms with Gasteiger partial charge in [0.05, 0.1) is 23.7 Å². The Morgan fingerprint density at radius 1 is 1.30 bits per heavy atom. The maximum atomic E-state index is 14.7. The van der Waals surface area contributed by atoms with E-state index in [1.54, 1.807) is 6.07 Å². The predicted octanol–water partition coefficient (Wildman–Crippen LogP) is 1.05. The summed E-state index contributed by atoms with van der Waals surface area (Å²) in [6, 6.07) is 3.73. The number of sulfone groups is 1. The summed E-state index contributed by atoms with van der Waals surface area (Å²) in [5.74, 6) is -2.39. The van der Waals surface area contributed by atoms with Gasteiger partial charge in [0.25, 0.3) is 5.82 Å². The zero-order valence-electron chi connectivity index (χ0n) is 15.3. The van der Waals surface area contributed by atoms with Gasteiger partial charge >= 0.3 is 6.09 Å². The molecule has 0 radical (unpaired) electrons. The van der Waals surface area contributed by atoms with Gasteiger partial charge < -0.3 is 4.74 Å². The number of hydrogen-bond acceptors (Lipinski definition) is 8. The van der Waals surface area contributed by atoms with Crippen LogP contribution < -0.4 is 4.90 Å². The number of ether oxygens (including phenoxy) is 1. The molecule has 2 aromatic rings. The van der Waals surface area contributed by atoms with Gasteiger partial charge in [-0.15, -0.1) is 5.10 Å². The number of amides is 1. The summed E-state index contributed by atoms with van der Waals surface area (Å²) < 4.78 is 57.6. The van der Waals surface area contributed by atoms with E-state index in [4.69, 9.17) is 10.00 Å². The smallest absolute Gasteiger partial charge is 0.414 e. The standard InChI is InChI=1S/C17H14F2N6O4S/c18-13-5-11(6-14(19)16(13)10-1-3-30(27,28)4-2-10)24-8-12(29-17(24)26)9-25-22-15(7-20)21-23-25/h1,5-6,12H,2-4,8-9H2/t12-/m1/s1. The third kappa shape index (κ3) is 3.86. The van der Waals surface area contributed by atoms with Crippen LogP contribution in [0.25, 0.3) is 5.57 Å². The summed E-state index contributed by atoms with van der Waals surface area (Å²) in [6.45, 7) is 0.00273. The molecule has 1 aromatic heterocycles. The number of halogens is 2. The Morgan fingerprint density at radius 2 is 2.03 bits per heavy atom. The highest BCUT2D eigenvalue weighted by molar-refractivity contribution is 7.91. The van der Waals surface area contributed by atoms with Crippen molar-refractivity contribution in [2.24, 2.45) is 0 Å². The largest absolute Gasteiger partial charge is 0.442 e. The van der Waals surface area contributed by atoms with Gasteiger partial charge in [0, 0.05) is 5.56 Å². The molecule has 1 atom stereocenters. The molecule has 3 heterocycles. The molecule has 1 aromatic carbocycles. The number of tetrazole rings is 1. The van der Waals surface area contributed by atoms with E-state index in [9.17, 15) is 22.0 Å². The molecule has 2 aliphatic heterocycles. The van der Waals surface area contributed by atoms with E-state index in [0.29, 0.717) is 0 Å². The molecule has 0 N–H and O–H groups in total. The molecule has 1 fully saturated rings. The summed E-state index contributed by atoms with van der Waals surface area (Å²) in [7, 11) is -3.24. The van der Waals surface area contributed by atoms with Crippen molar-refractivity contribution in [1.82, 2.24) is 20.2 Å². The van der Waals surface area contributed by atoms with E-state index in [2.05, 4.69) is 15.4 Å². The van der Waals surface area contributed by atoms with Gasteiger partial charge in [-0.05, 0) is 29.3 Å². The molecule has 30 heavy (non-hydrogen) atoms. The van der Waals surface area contributed by atoms with Crippen molar-refractivity contribution in [3.8, 4) is 6.07 Å². The first-order valence-electron chi connectivity index (χ1n) is 8.80. The molecular formula is C17H14F2N6O4S. The molecule has 2 aliphatic rings. The highest BCUT2D eigenvalue weighted by atomic mass is 32.2. The number of hydrogen-bond donors (Lipinski definition) is 0. The molecule has 10 nitrogen and oxygen atoms in total. The second-order valence-corrected chi connectivity index (χ2v) is 9.00. The van der Waals surface area contributed by atoms with Crippen molar-refractivity contribution in [2.75, 3.05) is 23.0 Å². The Morgan fingerprint density at radius 3 is 2.63 bits per heavy atom. The number of aromatic nitrogens is 4. The van der Waals surface area contributed by atoms with E-state index in [1.807, 2.05) is 0 Å². The Labute approximate surface area is 169 Å². The van der Waals surface area contributed by atoms with E-state index in [1.165, 1.54) is 6.08 Å². The fourth-order valence-electron chi connectivity index (χ4n) is 3.30. The monoisotopic (exact) mass is 436 g/mol. The van der Waals surface area contributed by atoms with E-state index in [-0.39, 0.29) is 53.7 Å². The van der Waals surface area contributed by atoms with Crippen molar-refractivity contribution in [1.29, 1.82) is 5.26 Å². The summed E-state index contributed by atoms with van der Waals surface area (Å²) in [5.41, 5.74) is -0.0537. The number of anilines is 1. The zero-order valence-corrected chi connectivity index (χ0v) is 16.1.